The zero-order valence-electron chi connectivity index (χ0n) is 27.0. The Morgan fingerprint density at radius 1 is 1.02 bits per heavy atom. The molecule has 0 bridgehead atoms. The van der Waals surface area contributed by atoms with Crippen molar-refractivity contribution in [3.8, 4) is 17.0 Å². The first-order valence-electron chi connectivity index (χ1n) is 15.4. The SMILES string of the molecule is Cc1c(C)n(CC(=O)NCc2ccc(COc3nc(N)nc4nc[nH]c34)cc2)c2ccc3oc(=O)c(-c4ccc(N(C)C)cc4)cc3c12. The van der Waals surface area contributed by atoms with Gasteiger partial charge in [0.2, 0.25) is 17.7 Å². The number of aromatic nitrogens is 5. The van der Waals surface area contributed by atoms with E-state index in [0.29, 0.717) is 34.7 Å². The van der Waals surface area contributed by atoms with Gasteiger partial charge in [-0.05, 0) is 66.4 Å². The fourth-order valence-corrected chi connectivity index (χ4v) is 5.94. The molecule has 48 heavy (non-hydrogen) atoms. The summed E-state index contributed by atoms with van der Waals surface area (Å²) < 4.78 is 13.7. The van der Waals surface area contributed by atoms with Gasteiger partial charge in [0.25, 0.3) is 0 Å². The molecule has 7 rings (SSSR count). The van der Waals surface area contributed by atoms with Gasteiger partial charge in [-0.25, -0.2) is 9.78 Å². The molecular formula is C36H34N8O4. The molecular weight excluding hydrogens is 608 g/mol. The third-order valence-corrected chi connectivity index (χ3v) is 8.66. The maximum Gasteiger partial charge on any atom is 0.344 e. The molecule has 4 heterocycles. The topological polar surface area (TPSA) is 157 Å². The number of carbonyl (C=O) groups excluding carboxylic acids is 1. The quantitative estimate of drug-likeness (QED) is 0.179. The number of H-pyrrole nitrogens is 1. The number of anilines is 2. The zero-order valence-corrected chi connectivity index (χ0v) is 27.0. The van der Waals surface area contributed by atoms with Crippen molar-refractivity contribution in [2.45, 2.75) is 33.5 Å². The van der Waals surface area contributed by atoms with Crippen LogP contribution < -0.4 is 26.3 Å². The first-order chi connectivity index (χ1) is 23.2. The van der Waals surface area contributed by atoms with Gasteiger partial charge in [0, 0.05) is 48.3 Å². The highest BCUT2D eigenvalue weighted by molar-refractivity contribution is 6.08. The molecule has 0 aliphatic heterocycles. The molecule has 0 aliphatic carbocycles. The van der Waals surface area contributed by atoms with E-state index >= 15 is 0 Å². The minimum Gasteiger partial charge on any atom is -0.471 e. The van der Waals surface area contributed by atoms with E-state index < -0.39 is 0 Å². The van der Waals surface area contributed by atoms with Crippen molar-refractivity contribution in [1.29, 1.82) is 0 Å². The minimum absolute atomic E-state index is 0.0896. The van der Waals surface area contributed by atoms with Crippen molar-refractivity contribution >= 4 is 50.6 Å². The molecule has 0 radical (unpaired) electrons. The number of nitrogens with two attached hydrogens (primary N) is 1. The lowest BCUT2D eigenvalue weighted by molar-refractivity contribution is -0.121. The summed E-state index contributed by atoms with van der Waals surface area (Å²) in [5, 5.41) is 4.84. The van der Waals surface area contributed by atoms with E-state index in [1.807, 2.05) is 98.1 Å². The van der Waals surface area contributed by atoms with Crippen LogP contribution >= 0.6 is 0 Å². The average Bonchev–Trinajstić information content (AvgIpc) is 3.65. The van der Waals surface area contributed by atoms with Crippen LogP contribution in [-0.4, -0.2) is 44.5 Å². The number of nitrogens with one attached hydrogen (secondary N) is 2. The largest absolute Gasteiger partial charge is 0.471 e. The number of carbonyl (C=O) groups is 1. The number of nitrogens with zero attached hydrogens (tertiary/aromatic N) is 5. The van der Waals surface area contributed by atoms with Gasteiger partial charge in [0.1, 0.15) is 24.3 Å². The van der Waals surface area contributed by atoms with Crippen molar-refractivity contribution in [1.82, 2.24) is 29.8 Å². The molecule has 7 aromatic rings. The third kappa shape index (κ3) is 5.68. The number of fused-ring (bicyclic) bond motifs is 4. The number of rotatable bonds is 9. The summed E-state index contributed by atoms with van der Waals surface area (Å²) in [4.78, 5) is 43.5. The van der Waals surface area contributed by atoms with E-state index in [-0.39, 0.29) is 30.6 Å². The van der Waals surface area contributed by atoms with Crippen molar-refractivity contribution in [2.75, 3.05) is 24.7 Å². The second kappa shape index (κ2) is 12.2. The summed E-state index contributed by atoms with van der Waals surface area (Å²) >= 11 is 0. The lowest BCUT2D eigenvalue weighted by atomic mass is 10.0. The molecule has 12 heteroatoms. The van der Waals surface area contributed by atoms with Gasteiger partial charge in [-0.2, -0.15) is 9.97 Å². The minimum atomic E-state index is -0.389. The van der Waals surface area contributed by atoms with Crippen molar-refractivity contribution < 1.29 is 13.9 Å². The van der Waals surface area contributed by atoms with Crippen LogP contribution in [0.1, 0.15) is 22.4 Å². The first kappa shape index (κ1) is 30.5. The fraction of sp³-hybridized carbons (Fsp3) is 0.194. The second-order valence-corrected chi connectivity index (χ2v) is 11.9. The van der Waals surface area contributed by atoms with Crippen molar-refractivity contribution in [3.63, 3.8) is 0 Å². The van der Waals surface area contributed by atoms with Crippen LogP contribution in [0.5, 0.6) is 5.88 Å². The number of hydrogen-bond acceptors (Lipinski definition) is 9. The van der Waals surface area contributed by atoms with Crippen LogP contribution in [0.25, 0.3) is 44.2 Å². The van der Waals surface area contributed by atoms with Gasteiger partial charge in [-0.3, -0.25) is 4.79 Å². The third-order valence-electron chi connectivity index (χ3n) is 8.66. The number of hydrogen-bond donors (Lipinski definition) is 3. The average molecular weight is 643 g/mol. The highest BCUT2D eigenvalue weighted by Gasteiger charge is 2.19. The van der Waals surface area contributed by atoms with E-state index in [1.54, 1.807) is 6.07 Å². The standard InChI is InChI=1S/C36H34N8O4/c1-20-21(2)44(28-13-14-29-27(31(20)28)15-26(35(46)48-29)24-9-11-25(12-10-24)43(3)4)17-30(45)38-16-22-5-7-23(8-6-22)18-47-34-32-33(40-19-39-32)41-36(37)42-34/h5-15,19H,16-18H2,1-4H3,(H,38,45)(H3,37,39,40,41,42). The lowest BCUT2D eigenvalue weighted by Gasteiger charge is -2.12. The summed E-state index contributed by atoms with van der Waals surface area (Å²) in [6, 6.07) is 21.2. The Balaban J connectivity index is 1.06. The van der Waals surface area contributed by atoms with Gasteiger partial charge in [-0.1, -0.05) is 36.4 Å². The predicted octanol–water partition coefficient (Wildman–Crippen LogP) is 5.24. The molecule has 0 fully saturated rings. The summed E-state index contributed by atoms with van der Waals surface area (Å²) in [7, 11) is 3.95. The van der Waals surface area contributed by atoms with Gasteiger partial charge in [0.05, 0.1) is 11.9 Å². The number of aromatic amines is 1. The fourth-order valence-electron chi connectivity index (χ4n) is 5.94. The molecule has 4 aromatic heterocycles. The first-order valence-corrected chi connectivity index (χ1v) is 15.4. The van der Waals surface area contributed by atoms with Crippen LogP contribution in [0.3, 0.4) is 0 Å². The summed E-state index contributed by atoms with van der Waals surface area (Å²) in [6.45, 7) is 4.83. The molecule has 0 aliphatic rings. The van der Waals surface area contributed by atoms with Crippen LogP contribution in [0.15, 0.2) is 82.3 Å². The van der Waals surface area contributed by atoms with Crippen LogP contribution in [0.4, 0.5) is 11.6 Å². The molecule has 12 nitrogen and oxygen atoms in total. The molecule has 0 saturated heterocycles. The molecule has 0 spiro atoms. The smallest absolute Gasteiger partial charge is 0.344 e. The Labute approximate surface area is 275 Å². The van der Waals surface area contributed by atoms with Crippen LogP contribution in [-0.2, 0) is 24.5 Å². The Kier molecular flexibility index (Phi) is 7.76. The van der Waals surface area contributed by atoms with Gasteiger partial charge < -0.3 is 34.7 Å². The van der Waals surface area contributed by atoms with Crippen molar-refractivity contribution in [2.24, 2.45) is 0 Å². The number of ether oxygens (including phenoxy) is 1. The Morgan fingerprint density at radius 3 is 2.52 bits per heavy atom. The van der Waals surface area contributed by atoms with E-state index in [4.69, 9.17) is 14.9 Å². The van der Waals surface area contributed by atoms with E-state index in [2.05, 4.69) is 25.3 Å². The van der Waals surface area contributed by atoms with Gasteiger partial charge in [-0.15, -0.1) is 0 Å². The van der Waals surface area contributed by atoms with E-state index in [0.717, 1.165) is 49.9 Å². The number of amides is 1. The molecule has 242 valence electrons. The van der Waals surface area contributed by atoms with Gasteiger partial charge in [0.15, 0.2) is 5.65 Å². The number of benzene rings is 3. The molecule has 4 N–H and O–H groups in total. The summed E-state index contributed by atoms with van der Waals surface area (Å²) in [6.07, 6.45) is 1.51. The van der Waals surface area contributed by atoms with Gasteiger partial charge >= 0.3 is 5.63 Å². The highest BCUT2D eigenvalue weighted by atomic mass is 16.5. The van der Waals surface area contributed by atoms with E-state index in [1.165, 1.54) is 6.33 Å². The molecule has 3 aromatic carbocycles. The maximum absolute atomic E-state index is 13.2. The zero-order chi connectivity index (χ0) is 33.5. The monoisotopic (exact) mass is 642 g/mol. The highest BCUT2D eigenvalue weighted by Crippen LogP contribution is 2.34. The second-order valence-electron chi connectivity index (χ2n) is 11.9. The number of nitrogen functional groups attached to an aromatic ring is 1. The van der Waals surface area contributed by atoms with E-state index in [9.17, 15) is 9.59 Å². The number of aryl methyl sites for hydroxylation is 1. The molecule has 0 atom stereocenters. The molecule has 0 unspecified atom stereocenters. The molecule has 0 saturated carbocycles. The number of imidazole rings is 1. The van der Waals surface area contributed by atoms with Crippen LogP contribution in [0, 0.1) is 13.8 Å². The predicted molar refractivity (Wildman–Crippen MR) is 186 cm³/mol. The Bertz CT molecular complexity index is 2370. The summed E-state index contributed by atoms with van der Waals surface area (Å²) in [5.74, 6) is 0.308. The molecule has 1 amide bonds. The van der Waals surface area contributed by atoms with Crippen LogP contribution in [0.2, 0.25) is 0 Å². The Morgan fingerprint density at radius 2 is 1.77 bits per heavy atom. The van der Waals surface area contributed by atoms with Crippen molar-refractivity contribution in [3.05, 3.63) is 106 Å². The normalized spacial score (nSPS) is 11.4. The Hall–Kier alpha value is -6.17. The summed E-state index contributed by atoms with van der Waals surface area (Å²) in [5.41, 5.74) is 14.0. The lowest BCUT2D eigenvalue weighted by Crippen LogP contribution is -2.27. The maximum atomic E-state index is 13.2.